The molecule has 10 aliphatic heterocycles. The molecule has 10 N–H and O–H groups in total. The third-order valence-electron chi connectivity index (χ3n) is 18.9. The maximum Gasteiger partial charge on any atom is 0.253 e. The van der Waals surface area contributed by atoms with Crippen LogP contribution in [0.15, 0.2) is 123 Å². The van der Waals surface area contributed by atoms with Crippen LogP contribution in [-0.4, -0.2) is 346 Å². The van der Waals surface area contributed by atoms with Crippen molar-refractivity contribution in [2.75, 3.05) is 112 Å². The predicted molar refractivity (Wildman–Crippen MR) is 453 cm³/mol. The lowest BCUT2D eigenvalue weighted by Gasteiger charge is -2.36. The number of aliphatic hydroxyl groups excluding tert-OH is 6. The van der Waals surface area contributed by atoms with Gasteiger partial charge in [-0.3, -0.25) is 28.9 Å². The quantitative estimate of drug-likeness (QED) is 0.0417. The number of nitrogens with zero attached hydrogens (tertiary/aromatic N) is 6. The van der Waals surface area contributed by atoms with Crippen molar-refractivity contribution < 1.29 is 83.0 Å². The van der Waals surface area contributed by atoms with Crippen molar-refractivity contribution in [2.24, 2.45) is 5.92 Å². The standard InChI is InChI=1S/2C15H25N2O4P.C15H25N2O3P.C14H22BrN2O3P.C14H22IN2O3P/c1-10-16-12(18)6-8-17(10)15-14(20-2)13(19)11(21-15)7-9-22(3,4)5;1-10-16(2)12(18)6-8-17(10)15-14(20)13(19)11(21-15)7-9-22(3,4)5;1-10-14(19)12(7-9-21(3,4)5)20-15(10)17-8-6-13(18)16-11(17)2;2*1-9-16-11(18)5-7-17(9)14-12(15)13(19)10(20-14)6-8-21(2,3)4/h6,8,11,13-15,19H,1,3,7,9H2,2,4-5H3,(H,16,18);6,8,11,13-15,19-20H,1,3,7,9H2,2,4-5H3;6,8,10,12,14-15,19H,2-3,7,9H2,1,4-5H3,(H,16,18);2*5,7,10,12-14,19H,1-2,6,8H2,3-4H3,(H,16,18)/t2*11-,13-,14-,15-;10-,12-,14+,15-;2*10-,12-,13-,14-/m11111/s1. The number of amides is 5. The average Bonchev–Trinajstić information content (AvgIpc) is 1.72. The van der Waals surface area contributed by atoms with Crippen LogP contribution in [0.3, 0.4) is 0 Å². The summed E-state index contributed by atoms with van der Waals surface area (Å²) in [5, 5.41) is 72.6. The highest BCUT2D eigenvalue weighted by atomic mass is 127. The number of carbonyl (C=O) groups is 5. The Bertz CT molecular complexity index is 3480. The highest BCUT2D eigenvalue weighted by Crippen LogP contribution is 2.45. The molecule has 5 saturated heterocycles. The SMILES string of the molecule is C=C1N(C)C(=O)C=CN1[C@@H]1O[C@H](CCP(=C)(C)C)[C@@H](O)[C@H]1O.C=C1NC(=O)C=CN1[C@@H]1O[C@H](CCP(=C)(C)C)[C@@H](O)[C@H]1Br.C=C1NC(=O)C=CN1[C@@H]1O[C@H](CCP(=C)(C)C)[C@@H](O)[C@H]1C.C=C1NC(=O)C=CN1[C@@H]1O[C@H](CCP(=C)(C)C)[C@@H](O)[C@H]1I.C=C1NC(=O)C=CN1[C@@H]1O[C@H](CCP(=C)(C)C)[C@@H](O)[C@H]1OC. The summed E-state index contributed by atoms with van der Waals surface area (Å²) in [5.74, 6) is 1.18. The van der Waals surface area contributed by atoms with Crippen molar-refractivity contribution in [1.29, 1.82) is 0 Å². The summed E-state index contributed by atoms with van der Waals surface area (Å²) in [5.41, 5.74) is 0. The number of carbonyl (C=O) groups excluding carboxylic acids is 5. The molecule has 0 saturated carbocycles. The minimum atomic E-state index is -1.22. The number of likely N-dealkylation sites (N-methyl/N-ethyl adjacent to an activating group) is 1. The Morgan fingerprint density at radius 3 is 1.11 bits per heavy atom. The largest absolute Gasteiger partial charge is 0.390 e. The Balaban J connectivity index is 0.000000209. The lowest BCUT2D eigenvalue weighted by Crippen LogP contribution is -2.47. The normalized spacial score (nSPS) is 33.1. The number of hydrogen-bond acceptors (Lipinski definition) is 22. The second-order valence-corrected chi connectivity index (χ2v) is 55.7. The Hall–Kier alpha value is -4.02. The van der Waals surface area contributed by atoms with Gasteiger partial charge in [0.15, 0.2) is 18.7 Å². The van der Waals surface area contributed by atoms with Gasteiger partial charge < -0.3 is 105 Å². The third-order valence-corrected chi connectivity index (χ3v) is 28.6. The number of rotatable bonds is 21. The van der Waals surface area contributed by atoms with Crippen LogP contribution in [0.1, 0.15) is 39.0 Å². The number of aliphatic hydroxyl groups is 6. The van der Waals surface area contributed by atoms with E-state index >= 15 is 0 Å². The lowest BCUT2D eigenvalue weighted by atomic mass is 10.00. The summed E-state index contributed by atoms with van der Waals surface area (Å²) in [7, 11) is 3.14. The van der Waals surface area contributed by atoms with Crippen molar-refractivity contribution in [3.8, 4) is 0 Å². The molecular formula is C73H119BrIN10O17P5. The minimum Gasteiger partial charge on any atom is -0.390 e. The summed E-state index contributed by atoms with van der Waals surface area (Å²) < 4.78 is 35.2. The summed E-state index contributed by atoms with van der Waals surface area (Å²) in [6, 6.07) is 0. The van der Waals surface area contributed by atoms with E-state index in [0.717, 1.165) is 56.5 Å². The second-order valence-electron chi connectivity index (χ2n) is 31.6. The minimum absolute atomic E-state index is 0.0577. The molecule has 0 aliphatic carbocycles. The molecule has 10 aliphatic rings. The number of alkyl halides is 2. The number of ether oxygens (including phenoxy) is 6. The summed E-state index contributed by atoms with van der Waals surface area (Å²) in [6.07, 6.45) is 36.1. The van der Waals surface area contributed by atoms with Crippen LogP contribution in [0.5, 0.6) is 0 Å². The van der Waals surface area contributed by atoms with E-state index in [9.17, 15) is 54.6 Å². The fourth-order valence-corrected chi connectivity index (χ4v) is 19.0. The van der Waals surface area contributed by atoms with Crippen molar-refractivity contribution in [3.05, 3.63) is 123 Å². The molecule has 107 heavy (non-hydrogen) atoms. The van der Waals surface area contributed by atoms with Gasteiger partial charge in [-0.05, 0) is 130 Å². The van der Waals surface area contributed by atoms with Crippen molar-refractivity contribution in [1.82, 2.24) is 50.7 Å². The van der Waals surface area contributed by atoms with Gasteiger partial charge in [0.25, 0.3) is 29.5 Å². The van der Waals surface area contributed by atoms with Gasteiger partial charge in [-0.1, -0.05) is 78.3 Å². The van der Waals surface area contributed by atoms with E-state index in [2.05, 4.69) is 191 Å². The molecule has 0 unspecified atom stereocenters. The first-order chi connectivity index (χ1) is 49.4. The average molecular weight is 1770 g/mol. The van der Waals surface area contributed by atoms with Gasteiger partial charge in [-0.2, -0.15) is 0 Å². The number of nitrogens with one attached hydrogen (secondary N) is 4. The maximum absolute atomic E-state index is 11.6. The van der Waals surface area contributed by atoms with Crippen LogP contribution in [0, 0.1) is 5.92 Å². The second kappa shape index (κ2) is 38.7. The van der Waals surface area contributed by atoms with Gasteiger partial charge in [0, 0.05) is 81.5 Å². The fraction of sp³-hybridized carbons (Fsp3) is 0.589. The highest BCUT2D eigenvalue weighted by Gasteiger charge is 2.51. The van der Waals surface area contributed by atoms with E-state index in [0.29, 0.717) is 35.5 Å². The van der Waals surface area contributed by atoms with E-state index < -0.39 is 95.7 Å². The molecule has 10 heterocycles. The van der Waals surface area contributed by atoms with E-state index in [4.69, 9.17) is 28.4 Å². The van der Waals surface area contributed by atoms with Gasteiger partial charge in [0.1, 0.15) is 66.0 Å². The number of halogens is 2. The topological polar surface area (TPSA) is 330 Å². The first-order valence-electron chi connectivity index (χ1n) is 35.2. The molecule has 0 spiro atoms. The van der Waals surface area contributed by atoms with E-state index in [1.807, 2.05) is 6.92 Å². The molecule has 5 amide bonds. The molecule has 10 rings (SSSR count). The van der Waals surface area contributed by atoms with Crippen molar-refractivity contribution in [2.45, 2.75) is 152 Å². The molecule has 0 aromatic heterocycles. The van der Waals surface area contributed by atoms with E-state index in [-0.39, 0.29) is 87.3 Å². The fourth-order valence-electron chi connectivity index (χ4n) is 12.6. The molecule has 20 atom stereocenters. The van der Waals surface area contributed by atoms with E-state index in [1.54, 1.807) is 63.5 Å². The molecule has 602 valence electrons. The van der Waals surface area contributed by atoms with Gasteiger partial charge in [0.05, 0.1) is 57.6 Å². The van der Waals surface area contributed by atoms with Gasteiger partial charge in [-0.15, -0.1) is 65.9 Å². The zero-order valence-corrected chi connectivity index (χ0v) is 72.5. The first kappa shape index (κ1) is 91.9. The Morgan fingerprint density at radius 2 is 0.729 bits per heavy atom. The van der Waals surface area contributed by atoms with Crippen LogP contribution in [-0.2, 0) is 52.4 Å². The Morgan fingerprint density at radius 1 is 0.430 bits per heavy atom. The Labute approximate surface area is 656 Å². The molecule has 0 bridgehead atoms. The molecular weight excluding hydrogens is 1650 g/mol. The molecule has 0 aromatic carbocycles. The monoisotopic (exact) mass is 1770 g/mol. The number of methoxy groups -OCH3 is 1. The van der Waals surface area contributed by atoms with Gasteiger partial charge >= 0.3 is 0 Å². The lowest BCUT2D eigenvalue weighted by molar-refractivity contribution is -0.128. The highest BCUT2D eigenvalue weighted by molar-refractivity contribution is 14.1. The van der Waals surface area contributed by atoms with Crippen molar-refractivity contribution >= 4 is 134 Å². The molecule has 34 heteroatoms. The molecule has 27 nitrogen and oxygen atoms in total. The molecule has 0 aromatic rings. The summed E-state index contributed by atoms with van der Waals surface area (Å²) >= 11 is 5.70. The smallest absolute Gasteiger partial charge is 0.253 e. The van der Waals surface area contributed by atoms with Gasteiger partial charge in [0.2, 0.25) is 0 Å². The third kappa shape index (κ3) is 26.3. The summed E-state index contributed by atoms with van der Waals surface area (Å²) in [6.45, 7) is 36.9. The zero-order chi connectivity index (χ0) is 80.5. The predicted octanol–water partition coefficient (Wildman–Crippen LogP) is 4.86. The molecule has 5 fully saturated rings. The van der Waals surface area contributed by atoms with Crippen LogP contribution < -0.4 is 21.3 Å². The number of hydrogen-bond donors (Lipinski definition) is 10. The Kier molecular flexibility index (Phi) is 33.2. The van der Waals surface area contributed by atoms with Crippen LogP contribution in [0.4, 0.5) is 0 Å². The van der Waals surface area contributed by atoms with Crippen LogP contribution in [0.25, 0.3) is 0 Å². The maximum atomic E-state index is 11.6. The van der Waals surface area contributed by atoms with Gasteiger partial charge in [-0.25, -0.2) is 0 Å². The first-order valence-corrected chi connectivity index (χ1v) is 52.7. The van der Waals surface area contributed by atoms with E-state index in [1.165, 1.54) is 41.5 Å². The molecule has 0 radical (unpaired) electrons. The zero-order valence-electron chi connectivity index (χ0n) is 64.3. The van der Waals surface area contributed by atoms with Crippen LogP contribution in [0.2, 0.25) is 0 Å². The van der Waals surface area contributed by atoms with Crippen LogP contribution >= 0.6 is 73.0 Å². The summed E-state index contributed by atoms with van der Waals surface area (Å²) in [4.78, 5) is 66.4. The van der Waals surface area contributed by atoms with Crippen molar-refractivity contribution in [3.63, 3.8) is 0 Å².